The van der Waals surface area contributed by atoms with E-state index in [0.29, 0.717) is 0 Å². The molecule has 1 aliphatic rings. The van der Waals surface area contributed by atoms with Crippen molar-refractivity contribution in [2.75, 3.05) is 23.4 Å². The van der Waals surface area contributed by atoms with Crippen molar-refractivity contribution in [3.05, 3.63) is 12.5 Å². The van der Waals surface area contributed by atoms with Crippen LogP contribution in [0, 0.1) is 0 Å². The van der Waals surface area contributed by atoms with Gasteiger partial charge < -0.3 is 10.2 Å². The molecule has 0 amide bonds. The highest BCUT2D eigenvalue weighted by atomic mass is 15.3. The summed E-state index contributed by atoms with van der Waals surface area (Å²) >= 11 is 0. The Kier molecular flexibility index (Phi) is 1.38. The van der Waals surface area contributed by atoms with Gasteiger partial charge >= 0.3 is 0 Å². The highest BCUT2D eigenvalue weighted by Crippen LogP contribution is 2.25. The maximum absolute atomic E-state index is 4.16. The summed E-state index contributed by atoms with van der Waals surface area (Å²) in [5, 5.41) is 3.20. The van der Waals surface area contributed by atoms with Crippen LogP contribution in [0.3, 0.4) is 0 Å². The highest BCUT2D eigenvalue weighted by Gasteiger charge is 2.17. The van der Waals surface area contributed by atoms with Crippen LogP contribution in [-0.4, -0.2) is 23.2 Å². The fourth-order valence-corrected chi connectivity index (χ4v) is 1.22. The molecule has 4 heteroatoms. The van der Waals surface area contributed by atoms with E-state index in [1.807, 2.05) is 0 Å². The fraction of sp³-hybridized carbons (Fsp3) is 0.429. The van der Waals surface area contributed by atoms with E-state index in [-0.39, 0.29) is 0 Å². The monoisotopic (exact) mass is 150 g/mol. The van der Waals surface area contributed by atoms with Crippen molar-refractivity contribution in [2.45, 2.75) is 6.92 Å². The van der Waals surface area contributed by atoms with E-state index in [9.17, 15) is 0 Å². The molecule has 1 N–H and O–H groups in total. The van der Waals surface area contributed by atoms with Crippen molar-refractivity contribution in [1.82, 2.24) is 9.97 Å². The average molecular weight is 150 g/mol. The molecule has 0 radical (unpaired) electrons. The molecule has 1 aromatic rings. The summed E-state index contributed by atoms with van der Waals surface area (Å²) in [6.07, 6.45) is 3.38. The Morgan fingerprint density at radius 2 is 2.64 bits per heavy atom. The highest BCUT2D eigenvalue weighted by molar-refractivity contribution is 5.69. The molecule has 2 heterocycles. The largest absolute Gasteiger partial charge is 0.363 e. The minimum atomic E-state index is 0.852. The molecule has 0 aromatic carbocycles. The third-order valence-electron chi connectivity index (χ3n) is 1.83. The van der Waals surface area contributed by atoms with E-state index >= 15 is 0 Å². The third kappa shape index (κ3) is 0.906. The van der Waals surface area contributed by atoms with Gasteiger partial charge in [0.25, 0.3) is 0 Å². The van der Waals surface area contributed by atoms with Gasteiger partial charge in [-0.25, -0.2) is 9.97 Å². The predicted octanol–water partition coefficient (Wildman–Crippen LogP) is 0.686. The first kappa shape index (κ1) is 6.39. The predicted molar refractivity (Wildman–Crippen MR) is 43.5 cm³/mol. The first-order valence-electron chi connectivity index (χ1n) is 3.70. The number of hydrogen-bond donors (Lipinski definition) is 1. The summed E-state index contributed by atoms with van der Waals surface area (Å²) < 4.78 is 0. The Morgan fingerprint density at radius 1 is 1.73 bits per heavy atom. The Balaban J connectivity index is 2.39. The number of anilines is 2. The van der Waals surface area contributed by atoms with Crippen LogP contribution in [0.1, 0.15) is 6.92 Å². The zero-order chi connectivity index (χ0) is 7.68. The lowest BCUT2D eigenvalue weighted by Gasteiger charge is -2.12. The number of nitrogens with one attached hydrogen (secondary N) is 1. The van der Waals surface area contributed by atoms with Gasteiger partial charge in [-0.15, -0.1) is 0 Å². The molecule has 0 atom stereocenters. The van der Waals surface area contributed by atoms with Gasteiger partial charge in [0.05, 0.1) is 18.6 Å². The van der Waals surface area contributed by atoms with Gasteiger partial charge in [0.2, 0.25) is 0 Å². The summed E-state index contributed by atoms with van der Waals surface area (Å²) in [4.78, 5) is 10.3. The van der Waals surface area contributed by atoms with Crippen LogP contribution in [0.15, 0.2) is 12.5 Å². The smallest absolute Gasteiger partial charge is 0.156 e. The minimum Gasteiger partial charge on any atom is -0.363 e. The van der Waals surface area contributed by atoms with Crippen molar-refractivity contribution in [3.8, 4) is 0 Å². The molecule has 0 fully saturated rings. The van der Waals surface area contributed by atoms with E-state index < -0.39 is 0 Å². The molecule has 4 nitrogen and oxygen atoms in total. The van der Waals surface area contributed by atoms with Crippen LogP contribution in [0.4, 0.5) is 11.5 Å². The number of aromatic nitrogens is 2. The van der Waals surface area contributed by atoms with Crippen LogP contribution >= 0.6 is 0 Å². The molecule has 0 unspecified atom stereocenters. The summed E-state index contributed by atoms with van der Waals surface area (Å²) in [6, 6.07) is 0. The van der Waals surface area contributed by atoms with E-state index in [0.717, 1.165) is 24.7 Å². The lowest BCUT2D eigenvalue weighted by molar-refractivity contribution is 0.891. The zero-order valence-electron chi connectivity index (χ0n) is 6.41. The molecular formula is C7H10N4. The van der Waals surface area contributed by atoms with Crippen LogP contribution in [0.5, 0.6) is 0 Å². The van der Waals surface area contributed by atoms with Crippen molar-refractivity contribution in [3.63, 3.8) is 0 Å². The second-order valence-electron chi connectivity index (χ2n) is 2.45. The number of rotatable bonds is 1. The normalized spacial score (nSPS) is 14.5. The Labute approximate surface area is 65.3 Å². The Bertz CT molecular complexity index is 260. The standard InChI is InChI=1S/C7H10N4/c1-2-11-5-10-6-3-8-4-9-7(6)11/h3-4,10H,2,5H2,1H3. The van der Waals surface area contributed by atoms with Crippen molar-refractivity contribution in [1.29, 1.82) is 0 Å². The van der Waals surface area contributed by atoms with Crippen LogP contribution in [0.25, 0.3) is 0 Å². The molecule has 1 aromatic heterocycles. The van der Waals surface area contributed by atoms with E-state index in [2.05, 4.69) is 27.1 Å². The SMILES string of the molecule is CCN1CNc2cncnc21. The van der Waals surface area contributed by atoms with Gasteiger partial charge in [0.15, 0.2) is 5.82 Å². The van der Waals surface area contributed by atoms with Gasteiger partial charge in [-0.2, -0.15) is 0 Å². The number of fused-ring (bicyclic) bond motifs is 1. The first-order chi connectivity index (χ1) is 5.42. The van der Waals surface area contributed by atoms with Crippen LogP contribution < -0.4 is 10.2 Å². The molecule has 0 saturated heterocycles. The molecular weight excluding hydrogens is 140 g/mol. The molecule has 0 saturated carbocycles. The van der Waals surface area contributed by atoms with Gasteiger partial charge in [0.1, 0.15) is 6.33 Å². The summed E-state index contributed by atoms with van der Waals surface area (Å²) in [5.41, 5.74) is 1.04. The van der Waals surface area contributed by atoms with E-state index in [1.54, 1.807) is 12.5 Å². The molecule has 58 valence electrons. The lowest BCUT2D eigenvalue weighted by Crippen LogP contribution is -2.22. The van der Waals surface area contributed by atoms with Gasteiger partial charge in [-0.1, -0.05) is 0 Å². The first-order valence-corrected chi connectivity index (χ1v) is 3.70. The Hall–Kier alpha value is -1.32. The molecule has 0 spiro atoms. The van der Waals surface area contributed by atoms with Gasteiger partial charge in [-0.05, 0) is 6.92 Å². The van der Waals surface area contributed by atoms with Crippen LogP contribution in [-0.2, 0) is 0 Å². The van der Waals surface area contributed by atoms with Crippen molar-refractivity contribution >= 4 is 11.5 Å². The molecule has 2 rings (SSSR count). The lowest BCUT2D eigenvalue weighted by atomic mass is 10.5. The van der Waals surface area contributed by atoms with E-state index in [1.165, 1.54) is 0 Å². The third-order valence-corrected chi connectivity index (χ3v) is 1.83. The average Bonchev–Trinajstić information content (AvgIpc) is 2.47. The second-order valence-corrected chi connectivity index (χ2v) is 2.45. The van der Waals surface area contributed by atoms with E-state index in [4.69, 9.17) is 0 Å². The number of nitrogens with zero attached hydrogens (tertiary/aromatic N) is 3. The Morgan fingerprint density at radius 3 is 3.45 bits per heavy atom. The minimum absolute atomic E-state index is 0.852. The molecule has 11 heavy (non-hydrogen) atoms. The summed E-state index contributed by atoms with van der Waals surface area (Å²) in [7, 11) is 0. The fourth-order valence-electron chi connectivity index (χ4n) is 1.22. The number of hydrogen-bond acceptors (Lipinski definition) is 4. The summed E-state index contributed by atoms with van der Waals surface area (Å²) in [6.45, 7) is 3.94. The maximum atomic E-state index is 4.16. The molecule has 0 bridgehead atoms. The topological polar surface area (TPSA) is 41.0 Å². The van der Waals surface area contributed by atoms with Gasteiger partial charge in [-0.3, -0.25) is 0 Å². The van der Waals surface area contributed by atoms with Crippen LogP contribution in [0.2, 0.25) is 0 Å². The zero-order valence-corrected chi connectivity index (χ0v) is 6.41. The maximum Gasteiger partial charge on any atom is 0.156 e. The molecule has 1 aliphatic heterocycles. The van der Waals surface area contributed by atoms with Crippen molar-refractivity contribution < 1.29 is 0 Å². The quantitative estimate of drug-likeness (QED) is 0.639. The van der Waals surface area contributed by atoms with Gasteiger partial charge in [0, 0.05) is 6.54 Å². The van der Waals surface area contributed by atoms with Crippen molar-refractivity contribution in [2.24, 2.45) is 0 Å². The second kappa shape index (κ2) is 2.38. The molecule has 0 aliphatic carbocycles. The summed E-state index contributed by atoms with van der Waals surface area (Å²) in [5.74, 6) is 1.02.